The second-order valence-corrected chi connectivity index (χ2v) is 8.22. The molecule has 0 N–H and O–H groups in total. The van der Waals surface area contributed by atoms with Crippen molar-refractivity contribution in [3.63, 3.8) is 0 Å². The Labute approximate surface area is 180 Å². The van der Waals surface area contributed by atoms with Gasteiger partial charge in [0, 0.05) is 42.7 Å². The minimum Gasteiger partial charge on any atom is -0.336 e. The molecule has 4 nitrogen and oxygen atoms in total. The van der Waals surface area contributed by atoms with Gasteiger partial charge in [-0.2, -0.15) is 13.2 Å². The average Bonchev–Trinajstić information content (AvgIpc) is 3.22. The van der Waals surface area contributed by atoms with E-state index in [1.165, 1.54) is 35.6 Å². The molecule has 2 aromatic carbocycles. The molecule has 1 aliphatic heterocycles. The number of halogens is 4. The molecule has 0 atom stereocenters. The molecule has 1 saturated heterocycles. The van der Waals surface area contributed by atoms with Crippen molar-refractivity contribution in [1.82, 2.24) is 14.8 Å². The maximum atomic E-state index is 13.1. The lowest BCUT2D eigenvalue weighted by Crippen LogP contribution is -2.48. The van der Waals surface area contributed by atoms with E-state index in [4.69, 9.17) is 0 Å². The maximum absolute atomic E-state index is 13.1. The molecule has 162 valence electrons. The van der Waals surface area contributed by atoms with E-state index in [1.54, 1.807) is 17.0 Å². The molecule has 0 radical (unpaired) electrons. The van der Waals surface area contributed by atoms with Crippen molar-refractivity contribution in [3.05, 3.63) is 75.9 Å². The molecular formula is C22H19F4N3OS. The van der Waals surface area contributed by atoms with Crippen LogP contribution in [0.25, 0.3) is 11.3 Å². The standard InChI is InChI=1S/C22H19F4N3OS/c23-18-7-3-15(4-8-18)19-14-31-20(27-19)13-28-9-11-29(12-10-28)21(30)16-1-5-17(6-2-16)22(24,25)26/h1-8,14H,9-13H2. The van der Waals surface area contributed by atoms with Gasteiger partial charge in [0.05, 0.1) is 17.8 Å². The first-order chi connectivity index (χ1) is 14.8. The lowest BCUT2D eigenvalue weighted by atomic mass is 10.1. The second kappa shape index (κ2) is 8.76. The van der Waals surface area contributed by atoms with Crippen LogP contribution in [0.5, 0.6) is 0 Å². The number of thiazole rings is 1. The van der Waals surface area contributed by atoms with Gasteiger partial charge in [-0.05, 0) is 48.5 Å². The molecule has 1 aliphatic rings. The molecule has 0 bridgehead atoms. The molecule has 4 rings (SSSR count). The molecule has 1 aromatic heterocycles. The van der Waals surface area contributed by atoms with E-state index in [1.807, 2.05) is 5.38 Å². The highest BCUT2D eigenvalue weighted by Crippen LogP contribution is 2.29. The van der Waals surface area contributed by atoms with Gasteiger partial charge in [-0.15, -0.1) is 11.3 Å². The van der Waals surface area contributed by atoms with Gasteiger partial charge >= 0.3 is 6.18 Å². The molecule has 9 heteroatoms. The van der Waals surface area contributed by atoms with Gasteiger partial charge in [-0.1, -0.05) is 0 Å². The normalized spacial score (nSPS) is 15.3. The summed E-state index contributed by atoms with van der Waals surface area (Å²) in [4.78, 5) is 21.1. The Morgan fingerprint density at radius 1 is 0.968 bits per heavy atom. The fourth-order valence-electron chi connectivity index (χ4n) is 3.42. The van der Waals surface area contributed by atoms with Crippen LogP contribution in [0.4, 0.5) is 17.6 Å². The number of aromatic nitrogens is 1. The molecule has 0 saturated carbocycles. The predicted molar refractivity (Wildman–Crippen MR) is 110 cm³/mol. The van der Waals surface area contributed by atoms with E-state index in [0.717, 1.165) is 28.4 Å². The molecule has 1 amide bonds. The largest absolute Gasteiger partial charge is 0.416 e. The van der Waals surface area contributed by atoms with E-state index in [-0.39, 0.29) is 17.3 Å². The van der Waals surface area contributed by atoms with Crippen LogP contribution < -0.4 is 0 Å². The molecular weight excluding hydrogens is 430 g/mol. The number of benzene rings is 2. The van der Waals surface area contributed by atoms with Crippen molar-refractivity contribution in [3.8, 4) is 11.3 Å². The quantitative estimate of drug-likeness (QED) is 0.530. The van der Waals surface area contributed by atoms with E-state index in [2.05, 4.69) is 9.88 Å². The minimum atomic E-state index is -4.42. The van der Waals surface area contributed by atoms with Crippen LogP contribution >= 0.6 is 11.3 Å². The summed E-state index contributed by atoms with van der Waals surface area (Å²) in [5, 5.41) is 2.87. The zero-order valence-electron chi connectivity index (χ0n) is 16.4. The molecule has 0 spiro atoms. The lowest BCUT2D eigenvalue weighted by molar-refractivity contribution is -0.137. The van der Waals surface area contributed by atoms with Gasteiger partial charge < -0.3 is 4.90 Å². The number of carbonyl (C=O) groups excluding carboxylic acids is 1. The van der Waals surface area contributed by atoms with Crippen LogP contribution in [-0.4, -0.2) is 46.9 Å². The third kappa shape index (κ3) is 5.11. The highest BCUT2D eigenvalue weighted by molar-refractivity contribution is 7.09. The van der Waals surface area contributed by atoms with Gasteiger partial charge in [0.1, 0.15) is 10.8 Å². The first kappa shape index (κ1) is 21.5. The summed E-state index contributed by atoms with van der Waals surface area (Å²) in [6, 6.07) is 10.5. The third-order valence-electron chi connectivity index (χ3n) is 5.17. The Morgan fingerprint density at radius 2 is 1.61 bits per heavy atom. The fraction of sp³-hybridized carbons (Fsp3) is 0.273. The number of carbonyl (C=O) groups is 1. The predicted octanol–water partition coefficient (Wildman–Crippen LogP) is 4.93. The number of hydrogen-bond acceptors (Lipinski definition) is 4. The maximum Gasteiger partial charge on any atom is 0.416 e. The first-order valence-electron chi connectivity index (χ1n) is 9.69. The second-order valence-electron chi connectivity index (χ2n) is 7.28. The highest BCUT2D eigenvalue weighted by Gasteiger charge is 2.30. The minimum absolute atomic E-state index is 0.255. The van der Waals surface area contributed by atoms with Gasteiger partial charge in [-0.3, -0.25) is 9.69 Å². The van der Waals surface area contributed by atoms with Gasteiger partial charge in [0.2, 0.25) is 0 Å². The smallest absolute Gasteiger partial charge is 0.336 e. The zero-order valence-corrected chi connectivity index (χ0v) is 17.2. The van der Waals surface area contributed by atoms with E-state index in [9.17, 15) is 22.4 Å². The van der Waals surface area contributed by atoms with Crippen LogP contribution in [0.15, 0.2) is 53.9 Å². The molecule has 1 fully saturated rings. The van der Waals surface area contributed by atoms with E-state index < -0.39 is 11.7 Å². The number of piperazine rings is 1. The average molecular weight is 449 g/mol. The topological polar surface area (TPSA) is 36.4 Å². The highest BCUT2D eigenvalue weighted by atomic mass is 32.1. The number of alkyl halides is 3. The number of rotatable bonds is 4. The monoisotopic (exact) mass is 449 g/mol. The summed E-state index contributed by atoms with van der Waals surface area (Å²) in [5.74, 6) is -0.552. The SMILES string of the molecule is O=C(c1ccc(C(F)(F)F)cc1)N1CCN(Cc2nc(-c3ccc(F)cc3)cs2)CC1. The van der Waals surface area contributed by atoms with Gasteiger partial charge in [-0.25, -0.2) is 9.37 Å². The van der Waals surface area contributed by atoms with Crippen molar-refractivity contribution in [2.24, 2.45) is 0 Å². The van der Waals surface area contributed by atoms with Gasteiger partial charge in [0.25, 0.3) is 5.91 Å². The number of nitrogens with zero attached hydrogens (tertiary/aromatic N) is 3. The van der Waals surface area contributed by atoms with Gasteiger partial charge in [0.15, 0.2) is 0 Å². The molecule has 2 heterocycles. The third-order valence-corrected chi connectivity index (χ3v) is 6.00. The Bertz CT molecular complexity index is 1040. The zero-order chi connectivity index (χ0) is 22.0. The molecule has 3 aromatic rings. The van der Waals surface area contributed by atoms with Crippen LogP contribution in [0.2, 0.25) is 0 Å². The van der Waals surface area contributed by atoms with Crippen LogP contribution in [0.1, 0.15) is 20.9 Å². The van der Waals surface area contributed by atoms with Crippen LogP contribution in [0, 0.1) is 5.82 Å². The fourth-order valence-corrected chi connectivity index (χ4v) is 4.27. The van der Waals surface area contributed by atoms with Crippen LogP contribution in [0.3, 0.4) is 0 Å². The van der Waals surface area contributed by atoms with Crippen LogP contribution in [-0.2, 0) is 12.7 Å². The Balaban J connectivity index is 1.32. The Morgan fingerprint density at radius 3 is 2.23 bits per heavy atom. The summed E-state index contributed by atoms with van der Waals surface area (Å²) >= 11 is 1.53. The van der Waals surface area contributed by atoms with E-state index in [0.29, 0.717) is 32.7 Å². The summed E-state index contributed by atoms with van der Waals surface area (Å²) in [7, 11) is 0. The van der Waals surface area contributed by atoms with Crippen molar-refractivity contribution in [1.29, 1.82) is 0 Å². The molecule has 0 unspecified atom stereocenters. The Kier molecular flexibility index (Phi) is 6.06. The molecule has 0 aliphatic carbocycles. The summed E-state index contributed by atoms with van der Waals surface area (Å²) in [5.41, 5.74) is 1.15. The van der Waals surface area contributed by atoms with E-state index >= 15 is 0 Å². The summed E-state index contributed by atoms with van der Waals surface area (Å²) in [6.45, 7) is 2.94. The number of amides is 1. The summed E-state index contributed by atoms with van der Waals surface area (Å²) < 4.78 is 51.2. The number of hydrogen-bond donors (Lipinski definition) is 0. The molecule has 31 heavy (non-hydrogen) atoms. The first-order valence-corrected chi connectivity index (χ1v) is 10.6. The lowest BCUT2D eigenvalue weighted by Gasteiger charge is -2.34. The van der Waals surface area contributed by atoms with Crippen molar-refractivity contribution in [2.45, 2.75) is 12.7 Å². The van der Waals surface area contributed by atoms with Crippen molar-refractivity contribution < 1.29 is 22.4 Å². The van der Waals surface area contributed by atoms with Crippen molar-refractivity contribution >= 4 is 17.2 Å². The Hall–Kier alpha value is -2.78. The van der Waals surface area contributed by atoms with Crippen molar-refractivity contribution in [2.75, 3.05) is 26.2 Å². The summed E-state index contributed by atoms with van der Waals surface area (Å²) in [6.07, 6.45) is -4.42.